The van der Waals surface area contributed by atoms with Crippen molar-refractivity contribution in [1.82, 2.24) is 9.13 Å². The highest BCUT2D eigenvalue weighted by Crippen LogP contribution is 2.22. The standard InChI is InChI=1S/C18H21N3O4/c1-4-20-9-14(8-19)17(23)21(18(20)24)10-15(22)11-25-16-12(2)6-5-7-13(16)3/h5-7,9,15,22H,4,10-11H2,1-3H3/t15-/m0/s1. The van der Waals surface area contributed by atoms with Crippen LogP contribution in [0.15, 0.2) is 34.0 Å². The van der Waals surface area contributed by atoms with Gasteiger partial charge in [-0.05, 0) is 31.9 Å². The third-order valence-corrected chi connectivity index (χ3v) is 3.92. The summed E-state index contributed by atoms with van der Waals surface area (Å²) in [6.07, 6.45) is 0.171. The molecule has 0 aliphatic heterocycles. The average Bonchev–Trinajstić information content (AvgIpc) is 2.58. The highest BCUT2D eigenvalue weighted by Gasteiger charge is 2.15. The van der Waals surface area contributed by atoms with E-state index in [-0.39, 0.29) is 18.7 Å². The molecule has 1 heterocycles. The fourth-order valence-corrected chi connectivity index (χ4v) is 2.59. The number of aromatic nitrogens is 2. The Morgan fingerprint density at radius 3 is 2.48 bits per heavy atom. The SMILES string of the molecule is CCn1cc(C#N)c(=O)n(C[C@H](O)COc2c(C)cccc2C)c1=O. The molecule has 0 spiro atoms. The Kier molecular flexibility index (Phi) is 5.78. The monoisotopic (exact) mass is 343 g/mol. The van der Waals surface area contributed by atoms with Gasteiger partial charge in [0.25, 0.3) is 5.56 Å². The van der Waals surface area contributed by atoms with Gasteiger partial charge in [0.05, 0.1) is 6.54 Å². The van der Waals surface area contributed by atoms with E-state index in [9.17, 15) is 14.7 Å². The Morgan fingerprint density at radius 2 is 1.92 bits per heavy atom. The molecule has 132 valence electrons. The van der Waals surface area contributed by atoms with Crippen molar-refractivity contribution in [1.29, 1.82) is 5.26 Å². The number of benzene rings is 1. The molecule has 7 heteroatoms. The lowest BCUT2D eigenvalue weighted by Gasteiger charge is -2.17. The number of nitrogens with zero attached hydrogens (tertiary/aromatic N) is 3. The first-order valence-electron chi connectivity index (χ1n) is 8.00. The number of hydrogen-bond donors (Lipinski definition) is 1. The highest BCUT2D eigenvalue weighted by molar-refractivity contribution is 5.39. The van der Waals surface area contributed by atoms with Gasteiger partial charge in [-0.25, -0.2) is 4.79 Å². The summed E-state index contributed by atoms with van der Waals surface area (Å²) in [5.41, 5.74) is 0.471. The predicted octanol–water partition coefficient (Wildman–Crippen LogP) is 0.958. The maximum absolute atomic E-state index is 12.3. The molecule has 1 atom stereocenters. The molecular formula is C18H21N3O4. The van der Waals surface area contributed by atoms with Crippen molar-refractivity contribution in [3.8, 4) is 11.8 Å². The van der Waals surface area contributed by atoms with Crippen LogP contribution in [0.25, 0.3) is 0 Å². The quantitative estimate of drug-likeness (QED) is 0.842. The summed E-state index contributed by atoms with van der Waals surface area (Å²) in [5, 5.41) is 19.2. The van der Waals surface area contributed by atoms with E-state index in [2.05, 4.69) is 0 Å². The van der Waals surface area contributed by atoms with E-state index >= 15 is 0 Å². The van der Waals surface area contributed by atoms with Crippen LogP contribution in [0.4, 0.5) is 0 Å². The summed E-state index contributed by atoms with van der Waals surface area (Å²) in [7, 11) is 0. The molecule has 0 saturated carbocycles. The highest BCUT2D eigenvalue weighted by atomic mass is 16.5. The zero-order chi connectivity index (χ0) is 18.6. The van der Waals surface area contributed by atoms with Crippen LogP contribution in [0.2, 0.25) is 0 Å². The number of para-hydroxylation sites is 1. The van der Waals surface area contributed by atoms with Crippen LogP contribution in [-0.4, -0.2) is 27.0 Å². The van der Waals surface area contributed by atoms with Crippen molar-refractivity contribution < 1.29 is 9.84 Å². The first kappa shape index (κ1) is 18.5. The molecule has 0 unspecified atom stereocenters. The largest absolute Gasteiger partial charge is 0.490 e. The normalized spacial score (nSPS) is 11.8. The lowest BCUT2D eigenvalue weighted by atomic mass is 10.1. The van der Waals surface area contributed by atoms with Crippen molar-refractivity contribution in [2.24, 2.45) is 0 Å². The molecule has 0 aliphatic carbocycles. The number of rotatable bonds is 6. The Bertz CT molecular complexity index is 901. The molecule has 0 bridgehead atoms. The van der Waals surface area contributed by atoms with Crippen LogP contribution in [0.5, 0.6) is 5.75 Å². The van der Waals surface area contributed by atoms with Crippen molar-refractivity contribution >= 4 is 0 Å². The summed E-state index contributed by atoms with van der Waals surface area (Å²) in [5.74, 6) is 0.672. The molecular weight excluding hydrogens is 322 g/mol. The Morgan fingerprint density at radius 1 is 1.28 bits per heavy atom. The molecule has 1 N–H and O–H groups in total. The lowest BCUT2D eigenvalue weighted by Crippen LogP contribution is -2.44. The molecule has 0 aliphatic rings. The molecule has 0 fully saturated rings. The molecule has 7 nitrogen and oxygen atoms in total. The number of aliphatic hydroxyl groups is 1. The van der Waals surface area contributed by atoms with E-state index in [1.807, 2.05) is 32.0 Å². The third kappa shape index (κ3) is 3.98. The smallest absolute Gasteiger partial charge is 0.331 e. The van der Waals surface area contributed by atoms with Gasteiger partial charge < -0.3 is 9.84 Å². The minimum Gasteiger partial charge on any atom is -0.490 e. The fraction of sp³-hybridized carbons (Fsp3) is 0.389. The van der Waals surface area contributed by atoms with Crippen LogP contribution in [0, 0.1) is 25.2 Å². The maximum Gasteiger partial charge on any atom is 0.331 e. The van der Waals surface area contributed by atoms with Gasteiger partial charge >= 0.3 is 5.69 Å². The lowest BCUT2D eigenvalue weighted by molar-refractivity contribution is 0.0893. The third-order valence-electron chi connectivity index (χ3n) is 3.92. The minimum absolute atomic E-state index is 0.0690. The first-order valence-corrected chi connectivity index (χ1v) is 8.00. The second-order valence-corrected chi connectivity index (χ2v) is 5.82. The number of aliphatic hydroxyl groups excluding tert-OH is 1. The first-order chi connectivity index (χ1) is 11.9. The van der Waals surface area contributed by atoms with Gasteiger partial charge in [-0.15, -0.1) is 0 Å². The summed E-state index contributed by atoms with van der Waals surface area (Å²) in [6, 6.07) is 7.49. The van der Waals surface area contributed by atoms with Gasteiger partial charge in [-0.2, -0.15) is 5.26 Å². The molecule has 1 aromatic carbocycles. The molecule has 1 aromatic heterocycles. The van der Waals surface area contributed by atoms with Crippen LogP contribution >= 0.6 is 0 Å². The van der Waals surface area contributed by atoms with Crippen molar-refractivity contribution in [2.75, 3.05) is 6.61 Å². The van der Waals surface area contributed by atoms with Crippen LogP contribution < -0.4 is 16.0 Å². The summed E-state index contributed by atoms with van der Waals surface area (Å²) < 4.78 is 7.79. The van der Waals surface area contributed by atoms with Gasteiger partial charge in [0.15, 0.2) is 0 Å². The molecule has 0 amide bonds. The van der Waals surface area contributed by atoms with Crippen LogP contribution in [0.1, 0.15) is 23.6 Å². The van der Waals surface area contributed by atoms with Gasteiger partial charge in [-0.3, -0.25) is 13.9 Å². The Hall–Kier alpha value is -2.85. The van der Waals surface area contributed by atoms with E-state index in [0.717, 1.165) is 15.7 Å². The predicted molar refractivity (Wildman–Crippen MR) is 92.8 cm³/mol. The maximum atomic E-state index is 12.3. The number of hydrogen-bond acceptors (Lipinski definition) is 5. The number of ether oxygens (including phenoxy) is 1. The van der Waals surface area contributed by atoms with Crippen molar-refractivity contribution in [3.05, 3.63) is 61.9 Å². The molecule has 2 rings (SSSR count). The van der Waals surface area contributed by atoms with E-state index in [0.29, 0.717) is 12.3 Å². The number of nitriles is 1. The van der Waals surface area contributed by atoms with E-state index in [1.54, 1.807) is 13.0 Å². The zero-order valence-corrected chi connectivity index (χ0v) is 14.5. The van der Waals surface area contributed by atoms with E-state index < -0.39 is 17.4 Å². The van der Waals surface area contributed by atoms with E-state index in [4.69, 9.17) is 10.00 Å². The Labute approximate surface area is 145 Å². The van der Waals surface area contributed by atoms with Crippen molar-refractivity contribution in [2.45, 2.75) is 40.0 Å². The minimum atomic E-state index is -1.07. The summed E-state index contributed by atoms with van der Waals surface area (Å²) in [6.45, 7) is 5.55. The molecule has 0 radical (unpaired) electrons. The second-order valence-electron chi connectivity index (χ2n) is 5.82. The van der Waals surface area contributed by atoms with E-state index in [1.165, 1.54) is 10.8 Å². The van der Waals surface area contributed by atoms with Gasteiger partial charge in [-0.1, -0.05) is 18.2 Å². The van der Waals surface area contributed by atoms with Crippen LogP contribution in [-0.2, 0) is 13.1 Å². The molecule has 0 saturated heterocycles. The fourth-order valence-electron chi connectivity index (χ4n) is 2.59. The zero-order valence-electron chi connectivity index (χ0n) is 14.5. The number of aryl methyl sites for hydroxylation is 3. The average molecular weight is 343 g/mol. The van der Waals surface area contributed by atoms with Gasteiger partial charge in [0.2, 0.25) is 0 Å². The molecule has 2 aromatic rings. The Balaban J connectivity index is 2.21. The second kappa shape index (κ2) is 7.81. The van der Waals surface area contributed by atoms with Gasteiger partial charge in [0.1, 0.15) is 30.1 Å². The topological polar surface area (TPSA) is 97.2 Å². The van der Waals surface area contributed by atoms with Crippen molar-refractivity contribution in [3.63, 3.8) is 0 Å². The summed E-state index contributed by atoms with van der Waals surface area (Å²) >= 11 is 0. The van der Waals surface area contributed by atoms with Gasteiger partial charge in [0, 0.05) is 12.7 Å². The van der Waals surface area contributed by atoms with Crippen LogP contribution in [0.3, 0.4) is 0 Å². The summed E-state index contributed by atoms with van der Waals surface area (Å²) in [4.78, 5) is 24.5. The molecule has 25 heavy (non-hydrogen) atoms.